The van der Waals surface area contributed by atoms with E-state index in [0.717, 1.165) is 6.20 Å². The molecule has 9 nitrogen and oxygen atoms in total. The Kier molecular flexibility index (Phi) is 6.59. The summed E-state index contributed by atoms with van der Waals surface area (Å²) in [6.07, 6.45) is 0.438. The summed E-state index contributed by atoms with van der Waals surface area (Å²) in [7, 11) is 0. The monoisotopic (exact) mass is 518 g/mol. The Morgan fingerprint density at radius 1 is 1.48 bits per heavy atom. The van der Waals surface area contributed by atoms with Crippen LogP contribution in [0.1, 0.15) is 20.8 Å². The van der Waals surface area contributed by atoms with Crippen LogP contribution in [0.4, 0.5) is 20.6 Å². The molecule has 0 spiro atoms. The van der Waals surface area contributed by atoms with Crippen molar-refractivity contribution in [3.05, 3.63) is 37.7 Å². The van der Waals surface area contributed by atoms with E-state index in [1.165, 1.54) is 11.0 Å². The molecule has 1 aromatic carbocycles. The van der Waals surface area contributed by atoms with Gasteiger partial charge < -0.3 is 19.6 Å². The molecule has 1 aliphatic rings. The maximum atomic E-state index is 14.7. The van der Waals surface area contributed by atoms with Gasteiger partial charge in [-0.2, -0.15) is 0 Å². The van der Waals surface area contributed by atoms with Gasteiger partial charge in [0.15, 0.2) is 5.82 Å². The van der Waals surface area contributed by atoms with Crippen LogP contribution in [-0.4, -0.2) is 63.9 Å². The number of ether oxygens (including phenoxy) is 1. The zero-order chi connectivity index (χ0) is 23.1. The Bertz CT molecular complexity index is 1050. The highest BCUT2D eigenvalue weighted by atomic mass is 79.9. The summed E-state index contributed by atoms with van der Waals surface area (Å²) in [6.45, 7) is 5.25. The number of aliphatic hydroxyl groups excluding tert-OH is 1. The number of aromatic nitrogens is 1. The van der Waals surface area contributed by atoms with Crippen molar-refractivity contribution in [3.8, 4) is 0 Å². The molecular weight excluding hydrogens is 499 g/mol. The van der Waals surface area contributed by atoms with Crippen LogP contribution in [0, 0.1) is 15.9 Å². The number of hydrogen-bond acceptors (Lipinski definition) is 7. The standard InChI is InChI=1S/C19H21BrClFN4O5/c1-19(2,3)31-18(28)24-4-5-25(10(8-24)9-27)17-11-6-12(21)14(20)15(22)16(11)23-7-13(17)26(29)30/h6-7,10,27H,4-5,8-9H2,1-3H3/t10-/m1/s1. The average molecular weight is 520 g/mol. The van der Waals surface area contributed by atoms with E-state index in [2.05, 4.69) is 20.9 Å². The van der Waals surface area contributed by atoms with Crippen molar-refractivity contribution < 1.29 is 24.0 Å². The molecule has 1 N–H and O–H groups in total. The summed E-state index contributed by atoms with van der Waals surface area (Å²) in [5.74, 6) is -0.744. The summed E-state index contributed by atoms with van der Waals surface area (Å²) in [5.41, 5.74) is -1.05. The van der Waals surface area contributed by atoms with E-state index in [-0.39, 0.29) is 51.4 Å². The molecule has 0 bridgehead atoms. The molecular formula is C19H21BrClFN4O5. The highest BCUT2D eigenvalue weighted by molar-refractivity contribution is 9.10. The third-order valence-corrected chi connectivity index (χ3v) is 6.08. The fraction of sp³-hybridized carbons (Fsp3) is 0.474. The Morgan fingerprint density at radius 3 is 2.74 bits per heavy atom. The minimum atomic E-state index is -0.744. The number of carbonyl (C=O) groups excluding carboxylic acids is 1. The molecule has 0 radical (unpaired) electrons. The van der Waals surface area contributed by atoms with Crippen molar-refractivity contribution in [1.29, 1.82) is 0 Å². The fourth-order valence-corrected chi connectivity index (χ4v) is 3.95. The van der Waals surface area contributed by atoms with E-state index in [0.29, 0.717) is 0 Å². The first kappa shape index (κ1) is 23.4. The maximum absolute atomic E-state index is 14.7. The van der Waals surface area contributed by atoms with Crippen LogP contribution in [0.3, 0.4) is 0 Å². The van der Waals surface area contributed by atoms with Crippen LogP contribution in [0.15, 0.2) is 16.7 Å². The van der Waals surface area contributed by atoms with Crippen molar-refractivity contribution >= 4 is 55.9 Å². The summed E-state index contributed by atoms with van der Waals surface area (Å²) in [4.78, 5) is 30.5. The minimum absolute atomic E-state index is 0.00224. The second kappa shape index (κ2) is 8.71. The summed E-state index contributed by atoms with van der Waals surface area (Å²) >= 11 is 9.16. The van der Waals surface area contributed by atoms with Gasteiger partial charge in [-0.3, -0.25) is 10.1 Å². The average Bonchev–Trinajstić information content (AvgIpc) is 2.69. The van der Waals surface area contributed by atoms with Crippen LogP contribution < -0.4 is 4.90 Å². The largest absolute Gasteiger partial charge is 0.444 e. The number of fused-ring (bicyclic) bond motifs is 1. The quantitative estimate of drug-likeness (QED) is 0.369. The lowest BCUT2D eigenvalue weighted by Gasteiger charge is -2.42. The molecule has 12 heteroatoms. The molecule has 1 fully saturated rings. The predicted octanol–water partition coefficient (Wildman–Crippen LogP) is 4.12. The second-order valence-electron chi connectivity index (χ2n) is 8.09. The van der Waals surface area contributed by atoms with Crippen molar-refractivity contribution in [2.75, 3.05) is 31.1 Å². The maximum Gasteiger partial charge on any atom is 0.410 e. The normalized spacial score (nSPS) is 17.2. The number of amides is 1. The topological polar surface area (TPSA) is 109 Å². The lowest BCUT2D eigenvalue weighted by atomic mass is 10.1. The van der Waals surface area contributed by atoms with E-state index in [1.807, 2.05) is 0 Å². The molecule has 1 aromatic heterocycles. The highest BCUT2D eigenvalue weighted by Crippen LogP contribution is 2.41. The number of nitrogens with zero attached hydrogens (tertiary/aromatic N) is 4. The van der Waals surface area contributed by atoms with Gasteiger partial charge in [0.1, 0.15) is 23.0 Å². The number of piperazine rings is 1. The summed E-state index contributed by atoms with van der Waals surface area (Å²) < 4.78 is 20.1. The molecule has 0 saturated carbocycles. The van der Waals surface area contributed by atoms with Gasteiger partial charge in [-0.1, -0.05) is 11.6 Å². The van der Waals surface area contributed by atoms with E-state index < -0.39 is 35.1 Å². The van der Waals surface area contributed by atoms with Crippen molar-refractivity contribution in [3.63, 3.8) is 0 Å². The molecule has 1 aliphatic heterocycles. The number of rotatable bonds is 3. The van der Waals surface area contributed by atoms with Gasteiger partial charge in [0, 0.05) is 25.0 Å². The number of hydrogen-bond donors (Lipinski definition) is 1. The molecule has 1 amide bonds. The van der Waals surface area contributed by atoms with Gasteiger partial charge in [0.05, 0.1) is 27.1 Å². The van der Waals surface area contributed by atoms with E-state index >= 15 is 0 Å². The summed E-state index contributed by atoms with van der Waals surface area (Å²) in [6, 6.07) is 0.713. The molecule has 168 valence electrons. The fourth-order valence-electron chi connectivity index (χ4n) is 3.45. The van der Waals surface area contributed by atoms with Crippen LogP contribution in [-0.2, 0) is 4.74 Å². The van der Waals surface area contributed by atoms with Crippen molar-refractivity contribution in [2.24, 2.45) is 0 Å². The Balaban J connectivity index is 2.07. The predicted molar refractivity (Wildman–Crippen MR) is 117 cm³/mol. The summed E-state index contributed by atoms with van der Waals surface area (Å²) in [5, 5.41) is 21.9. The Morgan fingerprint density at radius 2 is 2.16 bits per heavy atom. The SMILES string of the molecule is CC(C)(C)OC(=O)N1CCN(c2c([N+](=O)[O-])cnc3c(F)c(Br)c(Cl)cc23)[C@@H](CO)C1. The van der Waals surface area contributed by atoms with E-state index in [9.17, 15) is 24.4 Å². The van der Waals surface area contributed by atoms with Gasteiger partial charge in [-0.05, 0) is 42.8 Å². The van der Waals surface area contributed by atoms with Gasteiger partial charge in [0.25, 0.3) is 0 Å². The second-order valence-corrected chi connectivity index (χ2v) is 9.29. The molecule has 0 unspecified atom stereocenters. The van der Waals surface area contributed by atoms with Crippen LogP contribution in [0.5, 0.6) is 0 Å². The highest BCUT2D eigenvalue weighted by Gasteiger charge is 2.36. The minimum Gasteiger partial charge on any atom is -0.444 e. The Labute approximate surface area is 191 Å². The molecule has 3 rings (SSSR count). The van der Waals surface area contributed by atoms with Gasteiger partial charge in [-0.15, -0.1) is 0 Å². The zero-order valence-corrected chi connectivity index (χ0v) is 19.4. The smallest absolute Gasteiger partial charge is 0.410 e. The lowest BCUT2D eigenvalue weighted by Crippen LogP contribution is -2.57. The van der Waals surface area contributed by atoms with Crippen LogP contribution in [0.25, 0.3) is 10.9 Å². The lowest BCUT2D eigenvalue weighted by molar-refractivity contribution is -0.384. The van der Waals surface area contributed by atoms with Crippen LogP contribution >= 0.6 is 27.5 Å². The molecule has 0 aliphatic carbocycles. The molecule has 31 heavy (non-hydrogen) atoms. The van der Waals surface area contributed by atoms with E-state index in [4.69, 9.17) is 16.3 Å². The number of anilines is 1. The number of carbonyl (C=O) groups is 1. The molecule has 1 atom stereocenters. The van der Waals surface area contributed by atoms with Gasteiger partial charge in [0.2, 0.25) is 0 Å². The number of halogens is 3. The number of benzene rings is 1. The Hall–Kier alpha value is -2.24. The molecule has 1 saturated heterocycles. The molecule has 2 aromatic rings. The van der Waals surface area contributed by atoms with Gasteiger partial charge in [-0.25, -0.2) is 14.2 Å². The first-order chi connectivity index (χ1) is 14.4. The number of nitro groups is 1. The first-order valence-corrected chi connectivity index (χ1v) is 10.6. The van der Waals surface area contributed by atoms with Crippen molar-refractivity contribution in [1.82, 2.24) is 9.88 Å². The zero-order valence-electron chi connectivity index (χ0n) is 17.1. The number of pyridine rings is 1. The third kappa shape index (κ3) is 4.68. The van der Waals surface area contributed by atoms with Gasteiger partial charge >= 0.3 is 11.8 Å². The van der Waals surface area contributed by atoms with Crippen molar-refractivity contribution in [2.45, 2.75) is 32.4 Å². The van der Waals surface area contributed by atoms with Crippen LogP contribution in [0.2, 0.25) is 5.02 Å². The van der Waals surface area contributed by atoms with E-state index in [1.54, 1.807) is 25.7 Å². The first-order valence-electron chi connectivity index (χ1n) is 9.40. The molecule has 2 heterocycles. The third-order valence-electron chi connectivity index (χ3n) is 4.78. The number of aliphatic hydroxyl groups is 1.